The normalized spacial score (nSPS) is 18.7. The minimum atomic E-state index is -0.376. The molecule has 1 aliphatic heterocycles. The van der Waals surface area contributed by atoms with Crippen LogP contribution in [0.5, 0.6) is 0 Å². The van der Waals surface area contributed by atoms with Crippen LogP contribution in [0.4, 0.5) is 4.79 Å². The number of carbonyl (C=O) groups excluding carboxylic acids is 1. The predicted octanol–water partition coefficient (Wildman–Crippen LogP) is 0.165. The maximum absolute atomic E-state index is 10.1. The number of carbonyl (C=O) groups is 1. The number of hydrogen-bond acceptors (Lipinski definition) is 2. The van der Waals surface area contributed by atoms with Crippen molar-refractivity contribution in [3.63, 3.8) is 0 Å². The summed E-state index contributed by atoms with van der Waals surface area (Å²) in [7, 11) is 0. The zero-order valence-corrected chi connectivity index (χ0v) is 4.40. The second kappa shape index (κ2) is 1.68. The maximum Gasteiger partial charge on any atom is 0.318 e. The summed E-state index contributed by atoms with van der Waals surface area (Å²) in [5.41, 5.74) is 0. The smallest absolute Gasteiger partial charge is 0.304 e. The van der Waals surface area contributed by atoms with E-state index in [1.807, 2.05) is 0 Å². The van der Waals surface area contributed by atoms with Gasteiger partial charge < -0.3 is 4.90 Å². The maximum atomic E-state index is 10.1. The average molecular weight is 121 g/mol. The highest BCUT2D eigenvalue weighted by molar-refractivity contribution is 6.62. The number of halogens is 1. The van der Waals surface area contributed by atoms with E-state index in [2.05, 4.69) is 5.32 Å². The number of nitrogens with one attached hydrogen (secondary N) is 1. The van der Waals surface area contributed by atoms with Gasteiger partial charge in [0.1, 0.15) is 0 Å². The first-order valence-electron chi connectivity index (χ1n) is 1.96. The quantitative estimate of drug-likeness (QED) is 0.365. The van der Waals surface area contributed by atoms with Crippen LogP contribution in [0.2, 0.25) is 0 Å². The lowest BCUT2D eigenvalue weighted by Gasteiger charge is -2.29. The lowest BCUT2D eigenvalue weighted by molar-refractivity contribution is 0.168. The largest absolute Gasteiger partial charge is 0.318 e. The van der Waals surface area contributed by atoms with Crippen molar-refractivity contribution in [2.75, 3.05) is 13.3 Å². The van der Waals surface area contributed by atoms with Gasteiger partial charge in [-0.05, 0) is 11.6 Å². The Hall–Kier alpha value is -0.280. The summed E-state index contributed by atoms with van der Waals surface area (Å²) in [5, 5.41) is 2.49. The molecule has 1 aliphatic rings. The van der Waals surface area contributed by atoms with Gasteiger partial charge in [-0.25, -0.2) is 0 Å². The summed E-state index contributed by atoms with van der Waals surface area (Å²) in [6.45, 7) is 1.20. The van der Waals surface area contributed by atoms with Crippen molar-refractivity contribution in [3.8, 4) is 0 Å². The van der Waals surface area contributed by atoms with Gasteiger partial charge in [-0.15, -0.1) is 0 Å². The Morgan fingerprint density at radius 3 is 2.29 bits per heavy atom. The van der Waals surface area contributed by atoms with Crippen molar-refractivity contribution in [1.29, 1.82) is 0 Å². The van der Waals surface area contributed by atoms with Crippen LogP contribution in [-0.2, 0) is 0 Å². The van der Waals surface area contributed by atoms with E-state index in [0.29, 0.717) is 13.3 Å². The topological polar surface area (TPSA) is 32.3 Å². The summed E-state index contributed by atoms with van der Waals surface area (Å²) in [5.74, 6) is 0. The van der Waals surface area contributed by atoms with Crippen molar-refractivity contribution < 1.29 is 4.79 Å². The molecule has 40 valence electrons. The number of nitrogens with zero attached hydrogens (tertiary/aromatic N) is 1. The average Bonchev–Trinajstić information content (AvgIpc) is 1.23. The molecular formula is C3H5ClN2O. The van der Waals surface area contributed by atoms with Gasteiger partial charge >= 0.3 is 5.37 Å². The van der Waals surface area contributed by atoms with Gasteiger partial charge in [0.05, 0.1) is 13.3 Å². The Morgan fingerprint density at radius 2 is 2.29 bits per heavy atom. The molecule has 0 saturated carbocycles. The van der Waals surface area contributed by atoms with E-state index in [9.17, 15) is 4.79 Å². The molecule has 1 N–H and O–H groups in total. The van der Waals surface area contributed by atoms with E-state index in [4.69, 9.17) is 11.6 Å². The summed E-state index contributed by atoms with van der Waals surface area (Å²) in [6, 6.07) is 0. The first-order chi connectivity index (χ1) is 3.30. The number of hydrogen-bond donors (Lipinski definition) is 1. The summed E-state index contributed by atoms with van der Waals surface area (Å²) in [4.78, 5) is 11.6. The minimum Gasteiger partial charge on any atom is -0.304 e. The standard InChI is InChI=1S/C3H5ClN2O/c4-3(7)6-1-5-2-6/h5H,1-2H2. The van der Waals surface area contributed by atoms with E-state index in [1.54, 1.807) is 0 Å². The summed E-state index contributed by atoms with van der Waals surface area (Å²) >= 11 is 5.03. The zero-order chi connectivity index (χ0) is 5.28. The molecule has 0 atom stereocenters. The highest BCUT2D eigenvalue weighted by Gasteiger charge is 2.15. The SMILES string of the molecule is O=C(Cl)N1CNC1. The fraction of sp³-hybridized carbons (Fsp3) is 0.667. The van der Waals surface area contributed by atoms with Crippen molar-refractivity contribution in [1.82, 2.24) is 10.2 Å². The van der Waals surface area contributed by atoms with Crippen LogP contribution in [0.1, 0.15) is 0 Å². The third-order valence-corrected chi connectivity index (χ3v) is 1.09. The molecule has 0 aromatic rings. The van der Waals surface area contributed by atoms with Gasteiger partial charge in [0, 0.05) is 0 Å². The highest BCUT2D eigenvalue weighted by Crippen LogP contribution is 1.97. The molecule has 0 unspecified atom stereocenters. The molecule has 0 radical (unpaired) electrons. The molecular weight excluding hydrogens is 115 g/mol. The first-order valence-corrected chi connectivity index (χ1v) is 2.33. The molecule has 1 amide bonds. The molecule has 3 nitrogen and oxygen atoms in total. The van der Waals surface area contributed by atoms with Crippen molar-refractivity contribution in [2.24, 2.45) is 0 Å². The highest BCUT2D eigenvalue weighted by atomic mass is 35.5. The molecule has 0 aromatic heterocycles. The molecule has 0 spiro atoms. The Labute approximate surface area is 46.2 Å². The third-order valence-electron chi connectivity index (χ3n) is 0.854. The van der Waals surface area contributed by atoms with Crippen LogP contribution in [-0.4, -0.2) is 23.6 Å². The second-order valence-electron chi connectivity index (χ2n) is 1.36. The minimum absolute atomic E-state index is 0.376. The molecule has 1 fully saturated rings. The van der Waals surface area contributed by atoms with Crippen molar-refractivity contribution in [2.45, 2.75) is 0 Å². The molecule has 0 bridgehead atoms. The van der Waals surface area contributed by atoms with Crippen LogP contribution in [0.3, 0.4) is 0 Å². The lowest BCUT2D eigenvalue weighted by Crippen LogP contribution is -2.52. The third kappa shape index (κ3) is 0.838. The van der Waals surface area contributed by atoms with Gasteiger partial charge in [0.25, 0.3) is 0 Å². The van der Waals surface area contributed by atoms with Gasteiger partial charge in [-0.2, -0.15) is 0 Å². The van der Waals surface area contributed by atoms with Crippen LogP contribution in [0, 0.1) is 0 Å². The molecule has 0 aliphatic carbocycles. The fourth-order valence-electron chi connectivity index (χ4n) is 0.348. The lowest BCUT2D eigenvalue weighted by atomic mass is 10.6. The Balaban J connectivity index is 2.27. The van der Waals surface area contributed by atoms with Gasteiger partial charge in [0.2, 0.25) is 0 Å². The Morgan fingerprint density at radius 1 is 1.71 bits per heavy atom. The van der Waals surface area contributed by atoms with Crippen LogP contribution in [0.15, 0.2) is 0 Å². The van der Waals surface area contributed by atoms with Crippen molar-refractivity contribution in [3.05, 3.63) is 0 Å². The second-order valence-corrected chi connectivity index (χ2v) is 1.68. The monoisotopic (exact) mass is 120 g/mol. The van der Waals surface area contributed by atoms with E-state index >= 15 is 0 Å². The number of amides is 1. The molecule has 4 heteroatoms. The molecule has 7 heavy (non-hydrogen) atoms. The van der Waals surface area contributed by atoms with Gasteiger partial charge in [-0.1, -0.05) is 0 Å². The van der Waals surface area contributed by atoms with Crippen LogP contribution >= 0.6 is 11.6 Å². The molecule has 0 aromatic carbocycles. The molecule has 1 heterocycles. The number of rotatable bonds is 0. The van der Waals surface area contributed by atoms with E-state index in [1.165, 1.54) is 4.90 Å². The van der Waals surface area contributed by atoms with E-state index in [-0.39, 0.29) is 5.37 Å². The van der Waals surface area contributed by atoms with E-state index < -0.39 is 0 Å². The fourth-order valence-corrected chi connectivity index (χ4v) is 0.467. The van der Waals surface area contributed by atoms with E-state index in [0.717, 1.165) is 0 Å². The molecule has 1 saturated heterocycles. The summed E-state index contributed by atoms with van der Waals surface area (Å²) < 4.78 is 0. The Bertz CT molecular complexity index is 90.9. The first kappa shape index (κ1) is 4.87. The van der Waals surface area contributed by atoms with Gasteiger partial charge in [0.15, 0.2) is 0 Å². The van der Waals surface area contributed by atoms with Crippen molar-refractivity contribution >= 4 is 17.0 Å². The predicted molar refractivity (Wildman–Crippen MR) is 26.0 cm³/mol. The van der Waals surface area contributed by atoms with Crippen LogP contribution < -0.4 is 5.32 Å². The molecule has 1 rings (SSSR count). The zero-order valence-electron chi connectivity index (χ0n) is 3.65. The summed E-state index contributed by atoms with van der Waals surface area (Å²) in [6.07, 6.45) is 0. The van der Waals surface area contributed by atoms with Gasteiger partial charge in [-0.3, -0.25) is 10.1 Å². The van der Waals surface area contributed by atoms with Crippen LogP contribution in [0.25, 0.3) is 0 Å². The Kier molecular flexibility index (Phi) is 1.17.